The average molecular weight is 306 g/mol. The molecule has 0 spiro atoms. The zero-order valence-electron chi connectivity index (χ0n) is 11.8. The number of alkyl halides is 3. The molecule has 0 aliphatic carbocycles. The minimum atomic E-state index is -4.36. The van der Waals surface area contributed by atoms with E-state index < -0.39 is 11.7 Å². The first-order chi connectivity index (χ1) is 10.5. The lowest BCUT2D eigenvalue weighted by Gasteiger charge is -2.08. The van der Waals surface area contributed by atoms with Gasteiger partial charge >= 0.3 is 6.18 Å². The van der Waals surface area contributed by atoms with Crippen molar-refractivity contribution >= 4 is 11.4 Å². The summed E-state index contributed by atoms with van der Waals surface area (Å²) in [5, 5.41) is 0. The van der Waals surface area contributed by atoms with Gasteiger partial charge in [0.2, 0.25) is 0 Å². The van der Waals surface area contributed by atoms with Crippen molar-refractivity contribution in [3.05, 3.63) is 53.3 Å². The zero-order chi connectivity index (χ0) is 15.7. The van der Waals surface area contributed by atoms with E-state index in [1.54, 1.807) is 18.5 Å². The summed E-state index contributed by atoms with van der Waals surface area (Å²) in [6, 6.07) is 5.42. The third-order valence-corrected chi connectivity index (χ3v) is 3.42. The molecule has 3 rings (SSSR count). The molecular weight excluding hydrogens is 293 g/mol. The van der Waals surface area contributed by atoms with Crippen LogP contribution in [-0.4, -0.2) is 17.3 Å². The van der Waals surface area contributed by atoms with E-state index in [1.807, 2.05) is 6.92 Å². The second kappa shape index (κ2) is 5.44. The van der Waals surface area contributed by atoms with E-state index >= 15 is 0 Å². The normalized spacial score (nSPS) is 13.7. The highest BCUT2D eigenvalue weighted by molar-refractivity contribution is 6.08. The van der Waals surface area contributed by atoms with E-state index in [-0.39, 0.29) is 0 Å². The predicted molar refractivity (Wildman–Crippen MR) is 76.8 cm³/mol. The van der Waals surface area contributed by atoms with Gasteiger partial charge in [0, 0.05) is 18.2 Å². The lowest BCUT2D eigenvalue weighted by atomic mass is 10.0. The van der Waals surface area contributed by atoms with E-state index in [2.05, 4.69) is 9.98 Å². The lowest BCUT2D eigenvalue weighted by Crippen LogP contribution is -2.05. The first kappa shape index (κ1) is 14.6. The van der Waals surface area contributed by atoms with Gasteiger partial charge in [-0.2, -0.15) is 13.2 Å². The average Bonchev–Trinajstić information content (AvgIpc) is 2.90. The Labute approximate surface area is 125 Å². The smallest absolute Gasteiger partial charge is 0.416 e. The Bertz CT molecular complexity index is 738. The maximum atomic E-state index is 12.8. The summed E-state index contributed by atoms with van der Waals surface area (Å²) in [5.74, 6) is 0.590. The Morgan fingerprint density at radius 3 is 2.77 bits per heavy atom. The Hall–Kier alpha value is -2.37. The molecule has 3 nitrogen and oxygen atoms in total. The van der Waals surface area contributed by atoms with Crippen molar-refractivity contribution in [2.45, 2.75) is 19.5 Å². The van der Waals surface area contributed by atoms with Crippen LogP contribution in [0.15, 0.2) is 41.7 Å². The molecule has 1 aromatic carbocycles. The van der Waals surface area contributed by atoms with E-state index in [9.17, 15) is 13.2 Å². The van der Waals surface area contributed by atoms with Gasteiger partial charge in [0.1, 0.15) is 5.75 Å². The van der Waals surface area contributed by atoms with Gasteiger partial charge < -0.3 is 4.74 Å². The minimum absolute atomic E-state index is 0.365. The van der Waals surface area contributed by atoms with Crippen LogP contribution in [0, 0.1) is 0 Å². The summed E-state index contributed by atoms with van der Waals surface area (Å²) in [6.45, 7) is 2.34. The molecule has 1 aromatic heterocycles. The van der Waals surface area contributed by atoms with Gasteiger partial charge in [-0.15, -0.1) is 0 Å². The molecule has 0 bridgehead atoms. The number of ether oxygens (including phenoxy) is 1. The molecule has 2 heterocycles. The number of benzene rings is 1. The van der Waals surface area contributed by atoms with Crippen molar-refractivity contribution in [3.8, 4) is 5.75 Å². The fourth-order valence-corrected chi connectivity index (χ4v) is 2.40. The molecular formula is C16H13F3N2O. The Morgan fingerprint density at radius 2 is 2.05 bits per heavy atom. The van der Waals surface area contributed by atoms with Crippen LogP contribution in [0.4, 0.5) is 18.9 Å². The number of hydrogen-bond acceptors (Lipinski definition) is 3. The number of fused-ring (bicyclic) bond motifs is 1. The van der Waals surface area contributed by atoms with Crippen LogP contribution in [0.5, 0.6) is 5.75 Å². The standard InChI is InChI=1S/C16H13F3N2O/c1-2-22-15-9-20-6-5-12(15)14-7-10-3-4-11(16(17,18)19)8-13(10)21-14/h3-6,8-9H,2,7H2,1H3. The van der Waals surface area contributed by atoms with Gasteiger partial charge in [0.15, 0.2) is 0 Å². The van der Waals surface area contributed by atoms with E-state index in [4.69, 9.17) is 4.74 Å². The maximum absolute atomic E-state index is 12.8. The fourth-order valence-electron chi connectivity index (χ4n) is 2.40. The molecule has 6 heteroatoms. The summed E-state index contributed by atoms with van der Waals surface area (Å²) in [6.07, 6.45) is -0.673. The fraction of sp³-hybridized carbons (Fsp3) is 0.250. The molecule has 1 aliphatic heterocycles. The topological polar surface area (TPSA) is 34.5 Å². The van der Waals surface area contributed by atoms with Gasteiger partial charge in [-0.1, -0.05) is 6.07 Å². The molecule has 114 valence electrons. The maximum Gasteiger partial charge on any atom is 0.416 e. The number of aromatic nitrogens is 1. The summed E-state index contributed by atoms with van der Waals surface area (Å²) < 4.78 is 43.8. The summed E-state index contributed by atoms with van der Waals surface area (Å²) in [4.78, 5) is 8.35. The van der Waals surface area contributed by atoms with E-state index in [1.165, 1.54) is 6.07 Å². The van der Waals surface area contributed by atoms with Gasteiger partial charge in [0.25, 0.3) is 0 Å². The van der Waals surface area contributed by atoms with Crippen LogP contribution < -0.4 is 4.74 Å². The first-order valence-electron chi connectivity index (χ1n) is 6.84. The summed E-state index contributed by atoms with van der Waals surface area (Å²) >= 11 is 0. The molecule has 2 aromatic rings. The van der Waals surface area contributed by atoms with Crippen LogP contribution in [0.3, 0.4) is 0 Å². The van der Waals surface area contributed by atoms with Crippen LogP contribution in [0.1, 0.15) is 23.6 Å². The number of halogens is 3. The van der Waals surface area contributed by atoms with E-state index in [0.717, 1.165) is 23.3 Å². The van der Waals surface area contributed by atoms with Gasteiger partial charge in [-0.05, 0) is 30.7 Å². The molecule has 0 saturated heterocycles. The van der Waals surface area contributed by atoms with Crippen molar-refractivity contribution in [1.82, 2.24) is 4.98 Å². The van der Waals surface area contributed by atoms with Crippen molar-refractivity contribution < 1.29 is 17.9 Å². The van der Waals surface area contributed by atoms with Crippen LogP contribution >= 0.6 is 0 Å². The van der Waals surface area contributed by atoms with E-state index in [0.29, 0.717) is 30.2 Å². The number of aliphatic imine (C=N–C) groups is 1. The summed E-state index contributed by atoms with van der Waals surface area (Å²) in [7, 11) is 0. The number of hydrogen-bond donors (Lipinski definition) is 0. The minimum Gasteiger partial charge on any atom is -0.492 e. The quantitative estimate of drug-likeness (QED) is 0.852. The van der Waals surface area contributed by atoms with Crippen LogP contribution in [0.25, 0.3) is 0 Å². The Kier molecular flexibility index (Phi) is 3.60. The number of nitrogens with zero attached hydrogens (tertiary/aromatic N) is 2. The van der Waals surface area contributed by atoms with Crippen molar-refractivity contribution in [3.63, 3.8) is 0 Å². The SMILES string of the molecule is CCOc1cnccc1C1=Nc2cc(C(F)(F)F)ccc2C1. The highest BCUT2D eigenvalue weighted by Gasteiger charge is 2.32. The zero-order valence-corrected chi connectivity index (χ0v) is 11.8. The van der Waals surface area contributed by atoms with Crippen LogP contribution in [0.2, 0.25) is 0 Å². The van der Waals surface area contributed by atoms with Crippen LogP contribution in [-0.2, 0) is 12.6 Å². The molecule has 0 radical (unpaired) electrons. The molecule has 0 unspecified atom stereocenters. The molecule has 0 N–H and O–H groups in total. The largest absolute Gasteiger partial charge is 0.492 e. The lowest BCUT2D eigenvalue weighted by molar-refractivity contribution is -0.137. The highest BCUT2D eigenvalue weighted by atomic mass is 19.4. The third kappa shape index (κ3) is 2.68. The van der Waals surface area contributed by atoms with Crippen molar-refractivity contribution in [2.24, 2.45) is 4.99 Å². The Balaban J connectivity index is 1.98. The molecule has 1 aliphatic rings. The predicted octanol–water partition coefficient (Wildman–Crippen LogP) is 4.18. The second-order valence-electron chi connectivity index (χ2n) is 4.88. The molecule has 0 saturated carbocycles. The number of pyridine rings is 1. The highest BCUT2D eigenvalue weighted by Crippen LogP contribution is 2.37. The van der Waals surface area contributed by atoms with Gasteiger partial charge in [-0.3, -0.25) is 9.98 Å². The second-order valence-corrected chi connectivity index (χ2v) is 4.88. The number of rotatable bonds is 3. The monoisotopic (exact) mass is 306 g/mol. The van der Waals surface area contributed by atoms with Crippen molar-refractivity contribution in [2.75, 3.05) is 6.61 Å². The van der Waals surface area contributed by atoms with Crippen molar-refractivity contribution in [1.29, 1.82) is 0 Å². The molecule has 0 atom stereocenters. The molecule has 0 amide bonds. The third-order valence-electron chi connectivity index (χ3n) is 3.42. The molecule has 22 heavy (non-hydrogen) atoms. The van der Waals surface area contributed by atoms with Gasteiger partial charge in [-0.25, -0.2) is 0 Å². The summed E-state index contributed by atoms with van der Waals surface area (Å²) in [5.41, 5.74) is 1.92. The Morgan fingerprint density at radius 1 is 1.23 bits per heavy atom. The first-order valence-corrected chi connectivity index (χ1v) is 6.84. The molecule has 0 fully saturated rings. The van der Waals surface area contributed by atoms with Gasteiger partial charge in [0.05, 0.1) is 29.8 Å².